The molecule has 1 saturated heterocycles. The fourth-order valence-corrected chi connectivity index (χ4v) is 2.23. The summed E-state index contributed by atoms with van der Waals surface area (Å²) in [5.74, 6) is -0.857. The number of benzene rings is 1. The first kappa shape index (κ1) is 14.3. The SMILES string of the molecule is COc1ccc(NC(=O)C2CCCCN2)c(C(=O)O)c1. The second kappa shape index (κ2) is 6.38. The summed E-state index contributed by atoms with van der Waals surface area (Å²) in [5, 5.41) is 15.0. The maximum absolute atomic E-state index is 12.1. The van der Waals surface area contributed by atoms with Crippen LogP contribution in [0.5, 0.6) is 5.75 Å². The number of hydrogen-bond donors (Lipinski definition) is 3. The van der Waals surface area contributed by atoms with Crippen molar-refractivity contribution in [3.05, 3.63) is 23.8 Å². The van der Waals surface area contributed by atoms with Gasteiger partial charge in [-0.15, -0.1) is 0 Å². The van der Waals surface area contributed by atoms with Gasteiger partial charge in [-0.2, -0.15) is 0 Å². The second-order valence-electron chi connectivity index (χ2n) is 4.71. The van der Waals surface area contributed by atoms with Crippen LogP contribution in [0.3, 0.4) is 0 Å². The molecule has 0 spiro atoms. The lowest BCUT2D eigenvalue weighted by atomic mass is 10.0. The third-order valence-corrected chi connectivity index (χ3v) is 3.34. The summed E-state index contributed by atoms with van der Waals surface area (Å²) < 4.78 is 4.99. The standard InChI is InChI=1S/C14H18N2O4/c1-20-9-5-6-11(10(8-9)14(18)19)16-13(17)12-4-2-3-7-15-12/h5-6,8,12,15H,2-4,7H2,1H3,(H,16,17)(H,18,19). The lowest BCUT2D eigenvalue weighted by Crippen LogP contribution is -2.43. The number of anilines is 1. The van der Waals surface area contributed by atoms with Gasteiger partial charge in [-0.25, -0.2) is 4.79 Å². The quantitative estimate of drug-likeness (QED) is 0.776. The van der Waals surface area contributed by atoms with Gasteiger partial charge >= 0.3 is 5.97 Å². The van der Waals surface area contributed by atoms with Crippen molar-refractivity contribution in [2.75, 3.05) is 19.0 Å². The number of rotatable bonds is 4. The summed E-state index contributed by atoms with van der Waals surface area (Å²) in [5.41, 5.74) is 0.309. The second-order valence-corrected chi connectivity index (χ2v) is 4.71. The van der Waals surface area contributed by atoms with Crippen LogP contribution in [-0.2, 0) is 4.79 Å². The van der Waals surface area contributed by atoms with Crippen molar-refractivity contribution >= 4 is 17.6 Å². The summed E-state index contributed by atoms with van der Waals surface area (Å²) in [4.78, 5) is 23.3. The first-order chi connectivity index (χ1) is 9.61. The normalized spacial score (nSPS) is 18.4. The molecular weight excluding hydrogens is 260 g/mol. The third-order valence-electron chi connectivity index (χ3n) is 3.34. The van der Waals surface area contributed by atoms with Crippen LogP contribution >= 0.6 is 0 Å². The van der Waals surface area contributed by atoms with E-state index in [4.69, 9.17) is 4.74 Å². The third kappa shape index (κ3) is 3.27. The van der Waals surface area contributed by atoms with E-state index < -0.39 is 5.97 Å². The van der Waals surface area contributed by atoms with Crippen molar-refractivity contribution in [3.63, 3.8) is 0 Å². The summed E-state index contributed by atoms with van der Waals surface area (Å²) in [6, 6.07) is 4.30. The van der Waals surface area contributed by atoms with Gasteiger partial charge in [-0.3, -0.25) is 4.79 Å². The number of hydrogen-bond acceptors (Lipinski definition) is 4. The molecule has 108 valence electrons. The number of carbonyl (C=O) groups excluding carboxylic acids is 1. The number of carboxylic acid groups (broad SMARTS) is 1. The average Bonchev–Trinajstić information content (AvgIpc) is 2.48. The lowest BCUT2D eigenvalue weighted by molar-refractivity contribution is -0.118. The topological polar surface area (TPSA) is 87.7 Å². The maximum atomic E-state index is 12.1. The van der Waals surface area contributed by atoms with Gasteiger partial charge < -0.3 is 20.5 Å². The molecule has 2 rings (SSSR count). The van der Waals surface area contributed by atoms with Gasteiger partial charge in [0.2, 0.25) is 5.91 Å². The Bertz CT molecular complexity index is 510. The van der Waals surface area contributed by atoms with E-state index in [0.29, 0.717) is 5.75 Å². The number of ether oxygens (including phenoxy) is 1. The molecule has 1 aliphatic heterocycles. The van der Waals surface area contributed by atoms with Gasteiger partial charge in [-0.05, 0) is 37.6 Å². The van der Waals surface area contributed by atoms with Crippen LogP contribution < -0.4 is 15.4 Å². The zero-order chi connectivity index (χ0) is 14.5. The highest BCUT2D eigenvalue weighted by Crippen LogP contribution is 2.22. The highest BCUT2D eigenvalue weighted by Gasteiger charge is 2.22. The Labute approximate surface area is 117 Å². The van der Waals surface area contributed by atoms with Crippen molar-refractivity contribution in [2.45, 2.75) is 25.3 Å². The molecule has 0 radical (unpaired) electrons. The van der Waals surface area contributed by atoms with E-state index in [-0.39, 0.29) is 23.2 Å². The van der Waals surface area contributed by atoms with Crippen LogP contribution in [0.15, 0.2) is 18.2 Å². The molecule has 6 heteroatoms. The van der Waals surface area contributed by atoms with E-state index in [1.807, 2.05) is 0 Å². The number of methoxy groups -OCH3 is 1. The smallest absolute Gasteiger partial charge is 0.337 e. The van der Waals surface area contributed by atoms with Gasteiger partial charge in [0.05, 0.1) is 24.4 Å². The van der Waals surface area contributed by atoms with Gasteiger partial charge in [0.25, 0.3) is 0 Å². The number of aromatic carboxylic acids is 1. The predicted molar refractivity (Wildman–Crippen MR) is 74.2 cm³/mol. The Morgan fingerprint density at radius 1 is 1.40 bits per heavy atom. The van der Waals surface area contributed by atoms with Crippen molar-refractivity contribution in [2.24, 2.45) is 0 Å². The van der Waals surface area contributed by atoms with Gasteiger partial charge in [-0.1, -0.05) is 6.42 Å². The van der Waals surface area contributed by atoms with Crippen LogP contribution in [-0.4, -0.2) is 36.7 Å². The molecule has 6 nitrogen and oxygen atoms in total. The molecular formula is C14H18N2O4. The van der Waals surface area contributed by atoms with Crippen molar-refractivity contribution in [3.8, 4) is 5.75 Å². The molecule has 3 N–H and O–H groups in total. The van der Waals surface area contributed by atoms with Crippen LogP contribution in [0.4, 0.5) is 5.69 Å². The molecule has 1 atom stereocenters. The fourth-order valence-electron chi connectivity index (χ4n) is 2.23. The average molecular weight is 278 g/mol. The molecule has 1 aliphatic rings. The summed E-state index contributed by atoms with van der Waals surface area (Å²) >= 11 is 0. The van der Waals surface area contributed by atoms with Crippen LogP contribution in [0.1, 0.15) is 29.6 Å². The van der Waals surface area contributed by atoms with E-state index in [9.17, 15) is 14.7 Å². The van der Waals surface area contributed by atoms with Gasteiger partial charge in [0.15, 0.2) is 0 Å². The number of carboxylic acids is 1. The Morgan fingerprint density at radius 2 is 2.20 bits per heavy atom. The minimum atomic E-state index is -1.10. The highest BCUT2D eigenvalue weighted by molar-refractivity contribution is 6.02. The molecule has 1 aromatic carbocycles. The Kier molecular flexibility index (Phi) is 4.57. The fraction of sp³-hybridized carbons (Fsp3) is 0.429. The minimum Gasteiger partial charge on any atom is -0.497 e. The summed E-state index contributed by atoms with van der Waals surface area (Å²) in [6.45, 7) is 0.812. The van der Waals surface area contributed by atoms with E-state index in [0.717, 1.165) is 25.8 Å². The Morgan fingerprint density at radius 3 is 2.80 bits per heavy atom. The molecule has 1 heterocycles. The van der Waals surface area contributed by atoms with Gasteiger partial charge in [0.1, 0.15) is 5.75 Å². The van der Waals surface area contributed by atoms with E-state index in [2.05, 4.69) is 10.6 Å². The van der Waals surface area contributed by atoms with Crippen LogP contribution in [0.25, 0.3) is 0 Å². The molecule has 1 aromatic rings. The number of carbonyl (C=O) groups is 2. The Balaban J connectivity index is 2.15. The largest absolute Gasteiger partial charge is 0.497 e. The van der Waals surface area contributed by atoms with E-state index in [1.54, 1.807) is 12.1 Å². The van der Waals surface area contributed by atoms with Gasteiger partial charge in [0, 0.05) is 0 Å². The number of amides is 1. The number of piperidine rings is 1. The highest BCUT2D eigenvalue weighted by atomic mass is 16.5. The molecule has 20 heavy (non-hydrogen) atoms. The van der Waals surface area contributed by atoms with Crippen LogP contribution in [0, 0.1) is 0 Å². The molecule has 0 bridgehead atoms. The van der Waals surface area contributed by atoms with Crippen molar-refractivity contribution in [1.29, 1.82) is 0 Å². The van der Waals surface area contributed by atoms with Crippen molar-refractivity contribution < 1.29 is 19.4 Å². The minimum absolute atomic E-state index is 0.0218. The molecule has 1 unspecified atom stereocenters. The van der Waals surface area contributed by atoms with Crippen LogP contribution in [0.2, 0.25) is 0 Å². The molecule has 0 saturated carbocycles. The first-order valence-corrected chi connectivity index (χ1v) is 6.57. The van der Waals surface area contributed by atoms with Crippen molar-refractivity contribution in [1.82, 2.24) is 5.32 Å². The predicted octanol–water partition coefficient (Wildman–Crippen LogP) is 1.47. The zero-order valence-electron chi connectivity index (χ0n) is 11.3. The molecule has 0 aliphatic carbocycles. The molecule has 1 fully saturated rings. The van der Waals surface area contributed by atoms with E-state index in [1.165, 1.54) is 13.2 Å². The molecule has 0 aromatic heterocycles. The molecule has 1 amide bonds. The maximum Gasteiger partial charge on any atom is 0.337 e. The number of nitrogens with one attached hydrogen (secondary N) is 2. The summed E-state index contributed by atoms with van der Waals surface area (Å²) in [6.07, 6.45) is 2.83. The summed E-state index contributed by atoms with van der Waals surface area (Å²) in [7, 11) is 1.46. The van der Waals surface area contributed by atoms with E-state index >= 15 is 0 Å². The first-order valence-electron chi connectivity index (χ1n) is 6.57. The Hall–Kier alpha value is -2.08. The monoisotopic (exact) mass is 278 g/mol. The zero-order valence-corrected chi connectivity index (χ0v) is 11.3. The lowest BCUT2D eigenvalue weighted by Gasteiger charge is -2.23.